The zero-order valence-electron chi connectivity index (χ0n) is 16.9. The maximum absolute atomic E-state index is 13.1. The number of likely N-dealkylation sites (tertiary alicyclic amines) is 1. The molecular formula is C21H25FN4O3S. The molecule has 2 aliphatic rings. The van der Waals surface area contributed by atoms with Crippen molar-refractivity contribution in [3.05, 3.63) is 46.9 Å². The molecule has 0 bridgehead atoms. The summed E-state index contributed by atoms with van der Waals surface area (Å²) in [6.45, 7) is 4.91. The van der Waals surface area contributed by atoms with Gasteiger partial charge in [0.25, 0.3) is 0 Å². The van der Waals surface area contributed by atoms with Crippen LogP contribution in [0.4, 0.5) is 4.39 Å². The summed E-state index contributed by atoms with van der Waals surface area (Å²) >= 11 is 1.55. The van der Waals surface area contributed by atoms with Gasteiger partial charge in [-0.2, -0.15) is 5.10 Å². The van der Waals surface area contributed by atoms with Crippen LogP contribution in [0.2, 0.25) is 0 Å². The van der Waals surface area contributed by atoms with Crippen LogP contribution in [0, 0.1) is 12.7 Å². The molecule has 4 rings (SSSR count). The quantitative estimate of drug-likeness (QED) is 0.709. The van der Waals surface area contributed by atoms with Gasteiger partial charge in [0.2, 0.25) is 11.8 Å². The average molecular weight is 433 g/mol. The Morgan fingerprint density at radius 1 is 1.27 bits per heavy atom. The fourth-order valence-electron chi connectivity index (χ4n) is 3.85. The molecule has 9 heteroatoms. The highest BCUT2D eigenvalue weighted by molar-refractivity contribution is 7.98. The third-order valence-electron chi connectivity index (χ3n) is 5.63. The Morgan fingerprint density at radius 3 is 2.73 bits per heavy atom. The van der Waals surface area contributed by atoms with Crippen molar-refractivity contribution in [3.63, 3.8) is 0 Å². The number of nitrogens with one attached hydrogen (secondary N) is 1. The van der Waals surface area contributed by atoms with Crippen molar-refractivity contribution < 1.29 is 18.7 Å². The molecule has 0 aliphatic carbocycles. The minimum absolute atomic E-state index is 0.0239. The molecule has 0 radical (unpaired) electrons. The highest BCUT2D eigenvalue weighted by Gasteiger charge is 2.37. The Hall–Kier alpha value is -2.39. The smallest absolute Gasteiger partial charge is 0.242 e. The normalized spacial score (nSPS) is 19.5. The molecule has 3 heterocycles. The van der Waals surface area contributed by atoms with Crippen molar-refractivity contribution in [3.8, 4) is 0 Å². The number of aromatic nitrogens is 2. The maximum Gasteiger partial charge on any atom is 0.242 e. The van der Waals surface area contributed by atoms with Crippen LogP contribution in [0.3, 0.4) is 0 Å². The van der Waals surface area contributed by atoms with Crippen LogP contribution in [0.25, 0.3) is 0 Å². The van der Waals surface area contributed by atoms with Crippen molar-refractivity contribution in [2.75, 3.05) is 39.4 Å². The minimum Gasteiger partial charge on any atom is -0.378 e. The van der Waals surface area contributed by atoms with E-state index in [0.29, 0.717) is 45.0 Å². The molecule has 160 valence electrons. The molecule has 7 nitrogen and oxygen atoms in total. The van der Waals surface area contributed by atoms with E-state index in [9.17, 15) is 14.0 Å². The van der Waals surface area contributed by atoms with Gasteiger partial charge in [-0.25, -0.2) is 4.39 Å². The van der Waals surface area contributed by atoms with E-state index in [1.807, 2.05) is 6.92 Å². The number of carbonyl (C=O) groups excluding carboxylic acids is 2. The Balaban J connectivity index is 1.36. The third-order valence-corrected chi connectivity index (χ3v) is 6.78. The third kappa shape index (κ3) is 4.52. The molecule has 1 N–H and O–H groups in total. The molecule has 2 fully saturated rings. The van der Waals surface area contributed by atoms with Crippen molar-refractivity contribution in [2.45, 2.75) is 30.0 Å². The van der Waals surface area contributed by atoms with E-state index in [1.165, 1.54) is 12.1 Å². The number of amides is 2. The summed E-state index contributed by atoms with van der Waals surface area (Å²) in [7, 11) is 0. The van der Waals surface area contributed by atoms with E-state index < -0.39 is 0 Å². The monoisotopic (exact) mass is 432 g/mol. The van der Waals surface area contributed by atoms with Gasteiger partial charge in [0.15, 0.2) is 0 Å². The molecule has 1 aromatic heterocycles. The molecule has 2 saturated heterocycles. The SMILES string of the molecule is Cc1c(SCc2ccc(F)cc2)n[nH]c1C1CCN(CC(=O)N2CCOCC2)C1=O. The summed E-state index contributed by atoms with van der Waals surface area (Å²) in [5, 5.41) is 8.27. The van der Waals surface area contributed by atoms with Crippen LogP contribution in [0.15, 0.2) is 29.3 Å². The van der Waals surface area contributed by atoms with Crippen molar-refractivity contribution in [2.24, 2.45) is 0 Å². The maximum atomic E-state index is 13.1. The van der Waals surface area contributed by atoms with E-state index in [2.05, 4.69) is 10.2 Å². The lowest BCUT2D eigenvalue weighted by molar-refractivity contribution is -0.141. The van der Waals surface area contributed by atoms with Gasteiger partial charge in [0, 0.05) is 31.0 Å². The topological polar surface area (TPSA) is 78.5 Å². The number of hydrogen-bond donors (Lipinski definition) is 1. The molecule has 1 unspecified atom stereocenters. The Kier molecular flexibility index (Phi) is 6.38. The van der Waals surface area contributed by atoms with Gasteiger partial charge in [-0.1, -0.05) is 23.9 Å². The molecule has 0 saturated carbocycles. The number of rotatable bonds is 6. The number of hydrogen-bond acceptors (Lipinski definition) is 5. The number of nitrogens with zero attached hydrogens (tertiary/aromatic N) is 3. The predicted molar refractivity (Wildman–Crippen MR) is 111 cm³/mol. The van der Waals surface area contributed by atoms with Gasteiger partial charge in [-0.05, 0) is 31.0 Å². The van der Waals surface area contributed by atoms with Crippen LogP contribution in [0.1, 0.15) is 29.2 Å². The number of morpholine rings is 1. The Labute approximate surface area is 178 Å². The van der Waals surface area contributed by atoms with E-state index in [-0.39, 0.29) is 30.1 Å². The highest BCUT2D eigenvalue weighted by Crippen LogP contribution is 2.34. The molecular weight excluding hydrogens is 407 g/mol. The minimum atomic E-state index is -0.296. The second-order valence-corrected chi connectivity index (χ2v) is 8.54. The first-order valence-corrected chi connectivity index (χ1v) is 11.1. The summed E-state index contributed by atoms with van der Waals surface area (Å²) in [6, 6.07) is 6.41. The first kappa shape index (κ1) is 20.9. The summed E-state index contributed by atoms with van der Waals surface area (Å²) in [4.78, 5) is 28.8. The molecule has 30 heavy (non-hydrogen) atoms. The van der Waals surface area contributed by atoms with Crippen LogP contribution in [0.5, 0.6) is 0 Å². The fraction of sp³-hybridized carbons (Fsp3) is 0.476. The zero-order valence-corrected chi connectivity index (χ0v) is 17.7. The largest absolute Gasteiger partial charge is 0.378 e. The lowest BCUT2D eigenvalue weighted by Crippen LogP contribution is -2.46. The number of benzene rings is 1. The zero-order chi connectivity index (χ0) is 21.1. The first-order valence-electron chi connectivity index (χ1n) is 10.1. The number of ether oxygens (including phenoxy) is 1. The van der Waals surface area contributed by atoms with Gasteiger partial charge in [-0.3, -0.25) is 14.7 Å². The van der Waals surface area contributed by atoms with Crippen molar-refractivity contribution in [1.82, 2.24) is 20.0 Å². The molecule has 0 spiro atoms. The Morgan fingerprint density at radius 2 is 2.00 bits per heavy atom. The van der Waals surface area contributed by atoms with Gasteiger partial charge in [0.1, 0.15) is 10.8 Å². The van der Waals surface area contributed by atoms with Crippen molar-refractivity contribution >= 4 is 23.6 Å². The lowest BCUT2D eigenvalue weighted by Gasteiger charge is -2.28. The molecule has 2 aromatic rings. The molecule has 1 aromatic carbocycles. The molecule has 2 aliphatic heterocycles. The standard InChI is InChI=1S/C21H25FN4O3S/c1-14-19(23-24-20(14)30-13-15-2-4-16(22)5-3-15)17-6-7-26(21(17)28)12-18(27)25-8-10-29-11-9-25/h2-5,17H,6-13H2,1H3,(H,23,24). The highest BCUT2D eigenvalue weighted by atomic mass is 32.2. The van der Waals surface area contributed by atoms with Gasteiger partial charge >= 0.3 is 0 Å². The first-order chi connectivity index (χ1) is 14.5. The number of halogens is 1. The fourth-order valence-corrected chi connectivity index (χ4v) is 4.78. The lowest BCUT2D eigenvalue weighted by atomic mass is 10.0. The van der Waals surface area contributed by atoms with Crippen molar-refractivity contribution in [1.29, 1.82) is 0 Å². The summed E-state index contributed by atoms with van der Waals surface area (Å²) in [5.41, 5.74) is 2.79. The van der Waals surface area contributed by atoms with Gasteiger partial charge < -0.3 is 14.5 Å². The summed E-state index contributed by atoms with van der Waals surface area (Å²) < 4.78 is 18.3. The van der Waals surface area contributed by atoms with Gasteiger partial charge in [0.05, 0.1) is 31.4 Å². The van der Waals surface area contributed by atoms with E-state index in [0.717, 1.165) is 21.8 Å². The number of aromatic amines is 1. The molecule has 1 atom stereocenters. The van der Waals surface area contributed by atoms with E-state index in [1.54, 1.807) is 33.7 Å². The van der Waals surface area contributed by atoms with Crippen LogP contribution in [-0.2, 0) is 20.1 Å². The average Bonchev–Trinajstić information content (AvgIpc) is 3.30. The van der Waals surface area contributed by atoms with Gasteiger partial charge in [-0.15, -0.1) is 0 Å². The summed E-state index contributed by atoms with van der Waals surface area (Å²) in [5.74, 6) is 0.0701. The van der Waals surface area contributed by atoms with Crippen LogP contribution >= 0.6 is 11.8 Å². The Bertz CT molecular complexity index is 911. The summed E-state index contributed by atoms with van der Waals surface area (Å²) in [6.07, 6.45) is 0.667. The molecule has 2 amide bonds. The second kappa shape index (κ2) is 9.18. The number of thioether (sulfide) groups is 1. The number of H-pyrrole nitrogens is 1. The van der Waals surface area contributed by atoms with Crippen LogP contribution in [-0.4, -0.2) is 71.2 Å². The number of carbonyl (C=O) groups is 2. The van der Waals surface area contributed by atoms with E-state index in [4.69, 9.17) is 4.74 Å². The second-order valence-electron chi connectivity index (χ2n) is 7.58. The predicted octanol–water partition coefficient (Wildman–Crippen LogP) is 2.32. The van der Waals surface area contributed by atoms with Crippen LogP contribution < -0.4 is 0 Å². The van der Waals surface area contributed by atoms with E-state index >= 15 is 0 Å².